The van der Waals surface area contributed by atoms with Crippen LogP contribution in [0.4, 0.5) is 11.8 Å². The van der Waals surface area contributed by atoms with Gasteiger partial charge in [-0.15, -0.1) is 0 Å². The van der Waals surface area contributed by atoms with Crippen LogP contribution in [0.5, 0.6) is 0 Å². The fraction of sp³-hybridized carbons (Fsp3) is 0.375. The predicted octanol–water partition coefficient (Wildman–Crippen LogP) is 1.47. The molecular weight excluding hydrogens is 308 g/mol. The van der Waals surface area contributed by atoms with Crippen LogP contribution in [-0.4, -0.2) is 38.5 Å². The van der Waals surface area contributed by atoms with E-state index in [0.29, 0.717) is 6.54 Å². The van der Waals surface area contributed by atoms with Crippen molar-refractivity contribution in [2.24, 2.45) is 0 Å². The van der Waals surface area contributed by atoms with Crippen molar-refractivity contribution in [2.45, 2.75) is 31.4 Å². The fourth-order valence-corrected chi connectivity index (χ4v) is 2.99. The molecule has 3 N–H and O–H groups in total. The van der Waals surface area contributed by atoms with Gasteiger partial charge in [0.2, 0.25) is 5.95 Å². The van der Waals surface area contributed by atoms with Gasteiger partial charge in [0.05, 0.1) is 11.8 Å². The number of benzene rings is 1. The molecule has 2 heterocycles. The zero-order chi connectivity index (χ0) is 16.7. The number of aliphatic hydroxyl groups excluding tert-OH is 1. The van der Waals surface area contributed by atoms with E-state index in [2.05, 4.69) is 20.3 Å². The lowest BCUT2D eigenvalue weighted by molar-refractivity contribution is 0.0732. The third-order valence-corrected chi connectivity index (χ3v) is 4.41. The van der Waals surface area contributed by atoms with Crippen molar-refractivity contribution in [1.29, 1.82) is 0 Å². The molecule has 1 aromatic carbocycles. The molecule has 1 aliphatic carbocycles. The number of hydrogen-bond donors (Lipinski definition) is 2. The SMILES string of the molecule is CN(Cc1ccc2nonc2c1)c1cc(C2CC(O)C2)nc(N)n1. The Morgan fingerprint density at radius 3 is 2.79 bits per heavy atom. The Balaban J connectivity index is 1.55. The van der Waals surface area contributed by atoms with Crippen LogP contribution >= 0.6 is 0 Å². The monoisotopic (exact) mass is 326 g/mol. The zero-order valence-electron chi connectivity index (χ0n) is 13.3. The van der Waals surface area contributed by atoms with E-state index >= 15 is 0 Å². The predicted molar refractivity (Wildman–Crippen MR) is 88.3 cm³/mol. The van der Waals surface area contributed by atoms with Crippen LogP contribution in [0.2, 0.25) is 0 Å². The van der Waals surface area contributed by atoms with E-state index in [4.69, 9.17) is 10.4 Å². The van der Waals surface area contributed by atoms with Gasteiger partial charge < -0.3 is 15.7 Å². The Bertz CT molecular complexity index is 874. The summed E-state index contributed by atoms with van der Waals surface area (Å²) >= 11 is 0. The number of aromatic nitrogens is 4. The van der Waals surface area contributed by atoms with Gasteiger partial charge in [0.1, 0.15) is 16.9 Å². The molecule has 0 radical (unpaired) electrons. The average Bonchev–Trinajstić information content (AvgIpc) is 2.99. The van der Waals surface area contributed by atoms with E-state index in [1.54, 1.807) is 0 Å². The van der Waals surface area contributed by atoms with Gasteiger partial charge in [0.15, 0.2) is 0 Å². The maximum absolute atomic E-state index is 9.49. The first-order chi connectivity index (χ1) is 11.6. The summed E-state index contributed by atoms with van der Waals surface area (Å²) < 4.78 is 4.72. The number of nitrogens with two attached hydrogens (primary N) is 1. The molecule has 124 valence electrons. The first-order valence-corrected chi connectivity index (χ1v) is 7.83. The fourth-order valence-electron chi connectivity index (χ4n) is 2.99. The highest BCUT2D eigenvalue weighted by Gasteiger charge is 2.30. The normalized spacial score (nSPS) is 20.1. The molecule has 8 heteroatoms. The Morgan fingerprint density at radius 2 is 2.00 bits per heavy atom. The van der Waals surface area contributed by atoms with Crippen LogP contribution in [-0.2, 0) is 6.54 Å². The van der Waals surface area contributed by atoms with Crippen LogP contribution in [0.25, 0.3) is 11.0 Å². The first kappa shape index (κ1) is 14.8. The van der Waals surface area contributed by atoms with Gasteiger partial charge >= 0.3 is 0 Å². The van der Waals surface area contributed by atoms with E-state index in [1.807, 2.05) is 36.2 Å². The molecule has 4 rings (SSSR count). The Labute approximate surface area is 138 Å². The number of rotatable bonds is 4. The average molecular weight is 326 g/mol. The smallest absolute Gasteiger partial charge is 0.222 e. The molecule has 2 aromatic heterocycles. The summed E-state index contributed by atoms with van der Waals surface area (Å²) in [5, 5.41) is 17.2. The molecule has 0 atom stereocenters. The van der Waals surface area contributed by atoms with Gasteiger partial charge in [0.25, 0.3) is 0 Å². The summed E-state index contributed by atoms with van der Waals surface area (Å²) in [4.78, 5) is 10.6. The summed E-state index contributed by atoms with van der Waals surface area (Å²) in [5.41, 5.74) is 9.29. The molecule has 1 aliphatic rings. The van der Waals surface area contributed by atoms with Crippen LogP contribution in [0.1, 0.15) is 30.0 Å². The van der Waals surface area contributed by atoms with Gasteiger partial charge in [-0.25, -0.2) is 9.61 Å². The number of anilines is 2. The molecule has 0 spiro atoms. The topological polar surface area (TPSA) is 114 Å². The quantitative estimate of drug-likeness (QED) is 0.741. The van der Waals surface area contributed by atoms with Crippen LogP contribution in [0.15, 0.2) is 28.9 Å². The van der Waals surface area contributed by atoms with Crippen molar-refractivity contribution >= 4 is 22.8 Å². The lowest BCUT2D eigenvalue weighted by Gasteiger charge is -2.31. The molecule has 1 saturated carbocycles. The molecule has 3 aromatic rings. The van der Waals surface area contributed by atoms with Gasteiger partial charge in [-0.2, -0.15) is 4.98 Å². The standard InChI is InChI=1S/C16H18N6O2/c1-22(8-9-2-3-12-14(4-9)21-24-20-12)15-7-13(18-16(17)19-15)10-5-11(23)6-10/h2-4,7,10-11,23H,5-6,8H2,1H3,(H2,17,18,19). The van der Waals surface area contributed by atoms with Crippen molar-refractivity contribution in [3.8, 4) is 0 Å². The molecule has 0 aliphatic heterocycles. The molecule has 0 amide bonds. The number of hydrogen-bond acceptors (Lipinski definition) is 8. The second kappa shape index (κ2) is 5.72. The highest BCUT2D eigenvalue weighted by Crippen LogP contribution is 2.36. The summed E-state index contributed by atoms with van der Waals surface area (Å²) in [5.74, 6) is 1.28. The van der Waals surface area contributed by atoms with E-state index in [0.717, 1.165) is 41.0 Å². The first-order valence-electron chi connectivity index (χ1n) is 7.83. The lowest BCUT2D eigenvalue weighted by Crippen LogP contribution is -2.28. The van der Waals surface area contributed by atoms with Crippen molar-refractivity contribution in [3.05, 3.63) is 35.5 Å². The molecular formula is C16H18N6O2. The summed E-state index contributed by atoms with van der Waals surface area (Å²) in [6.07, 6.45) is 1.24. The van der Waals surface area contributed by atoms with Crippen molar-refractivity contribution in [2.75, 3.05) is 17.7 Å². The Morgan fingerprint density at radius 1 is 1.21 bits per heavy atom. The van der Waals surface area contributed by atoms with Crippen LogP contribution in [0.3, 0.4) is 0 Å². The van der Waals surface area contributed by atoms with Crippen molar-refractivity contribution < 1.29 is 9.74 Å². The van der Waals surface area contributed by atoms with Crippen molar-refractivity contribution in [3.63, 3.8) is 0 Å². The summed E-state index contributed by atoms with van der Waals surface area (Å²) in [6.45, 7) is 0.645. The number of nitrogen functional groups attached to an aromatic ring is 1. The molecule has 24 heavy (non-hydrogen) atoms. The maximum atomic E-state index is 9.49. The van der Waals surface area contributed by atoms with Crippen molar-refractivity contribution in [1.82, 2.24) is 20.3 Å². The largest absolute Gasteiger partial charge is 0.393 e. The highest BCUT2D eigenvalue weighted by molar-refractivity contribution is 5.73. The lowest BCUT2D eigenvalue weighted by atomic mass is 9.80. The Kier molecular flexibility index (Phi) is 3.53. The number of fused-ring (bicyclic) bond motifs is 1. The second-order valence-electron chi connectivity index (χ2n) is 6.27. The highest BCUT2D eigenvalue weighted by atomic mass is 16.6. The summed E-state index contributed by atoms with van der Waals surface area (Å²) in [6, 6.07) is 7.75. The van der Waals surface area contributed by atoms with Gasteiger partial charge in [-0.05, 0) is 40.9 Å². The molecule has 0 bridgehead atoms. The zero-order valence-corrected chi connectivity index (χ0v) is 13.3. The Hall–Kier alpha value is -2.74. The van der Waals surface area contributed by atoms with Gasteiger partial charge in [-0.3, -0.25) is 0 Å². The van der Waals surface area contributed by atoms with Gasteiger partial charge in [0, 0.05) is 25.6 Å². The van der Waals surface area contributed by atoms with Crippen LogP contribution < -0.4 is 10.6 Å². The van der Waals surface area contributed by atoms with Gasteiger partial charge in [-0.1, -0.05) is 6.07 Å². The maximum Gasteiger partial charge on any atom is 0.222 e. The molecule has 1 fully saturated rings. The molecule has 0 saturated heterocycles. The third-order valence-electron chi connectivity index (χ3n) is 4.41. The van der Waals surface area contributed by atoms with Crippen LogP contribution in [0, 0.1) is 0 Å². The molecule has 8 nitrogen and oxygen atoms in total. The third kappa shape index (κ3) is 2.76. The van der Waals surface area contributed by atoms with E-state index < -0.39 is 0 Å². The van der Waals surface area contributed by atoms with E-state index in [9.17, 15) is 5.11 Å². The minimum Gasteiger partial charge on any atom is -0.393 e. The number of nitrogens with zero attached hydrogens (tertiary/aromatic N) is 5. The molecule has 0 unspecified atom stereocenters. The summed E-state index contributed by atoms with van der Waals surface area (Å²) in [7, 11) is 1.95. The minimum absolute atomic E-state index is 0.227. The van der Waals surface area contributed by atoms with E-state index in [-0.39, 0.29) is 18.0 Å². The second-order valence-corrected chi connectivity index (χ2v) is 6.27. The van der Waals surface area contributed by atoms with E-state index in [1.165, 1.54) is 0 Å². The number of aliphatic hydroxyl groups is 1. The minimum atomic E-state index is -0.227.